The second kappa shape index (κ2) is 7.49. The van der Waals surface area contributed by atoms with Crippen LogP contribution >= 0.6 is 11.8 Å². The van der Waals surface area contributed by atoms with Gasteiger partial charge in [0.05, 0.1) is 13.5 Å². The van der Waals surface area contributed by atoms with Gasteiger partial charge in [-0.05, 0) is 42.3 Å². The minimum Gasteiger partial charge on any atom is -0.497 e. The highest BCUT2D eigenvalue weighted by Crippen LogP contribution is 2.34. The third-order valence-electron chi connectivity index (χ3n) is 3.56. The van der Waals surface area contributed by atoms with Gasteiger partial charge in [0.15, 0.2) is 0 Å². The number of benzene rings is 2. The van der Waals surface area contributed by atoms with Crippen LogP contribution in [0.2, 0.25) is 0 Å². The lowest BCUT2D eigenvalue weighted by Crippen LogP contribution is -1.89. The van der Waals surface area contributed by atoms with Gasteiger partial charge >= 0.3 is 0 Å². The molecule has 0 radical (unpaired) electrons. The summed E-state index contributed by atoms with van der Waals surface area (Å²) < 4.78 is 24.1. The molecular weight excluding hydrogens is 327 g/mol. The van der Waals surface area contributed by atoms with Gasteiger partial charge < -0.3 is 9.15 Å². The molecule has 0 aliphatic rings. The van der Waals surface area contributed by atoms with Crippen LogP contribution in [-0.2, 0) is 6.42 Å². The monoisotopic (exact) mass is 344 g/mol. The Morgan fingerprint density at radius 3 is 2.67 bits per heavy atom. The van der Waals surface area contributed by atoms with E-state index in [2.05, 4.69) is 10.2 Å². The lowest BCUT2D eigenvalue weighted by atomic mass is 10.1. The summed E-state index contributed by atoms with van der Waals surface area (Å²) in [6.07, 6.45) is 0.561. The number of methoxy groups -OCH3 is 1. The molecule has 0 aliphatic carbocycles. The van der Waals surface area contributed by atoms with E-state index in [1.807, 2.05) is 37.3 Å². The van der Waals surface area contributed by atoms with Gasteiger partial charge in [-0.15, -0.1) is 10.2 Å². The number of hydrogen-bond donors (Lipinski definition) is 0. The molecule has 0 saturated heterocycles. The van der Waals surface area contributed by atoms with Gasteiger partial charge in [-0.25, -0.2) is 4.39 Å². The maximum Gasteiger partial charge on any atom is 0.277 e. The molecule has 0 spiro atoms. The average Bonchev–Trinajstić information content (AvgIpc) is 3.02. The van der Waals surface area contributed by atoms with Gasteiger partial charge in [-0.3, -0.25) is 0 Å². The number of rotatable bonds is 6. The van der Waals surface area contributed by atoms with E-state index in [-0.39, 0.29) is 11.1 Å². The molecule has 0 amide bonds. The summed E-state index contributed by atoms with van der Waals surface area (Å²) >= 11 is 1.42. The highest BCUT2D eigenvalue weighted by molar-refractivity contribution is 7.99. The van der Waals surface area contributed by atoms with Crippen molar-refractivity contribution in [3.05, 3.63) is 71.4 Å². The second-order valence-electron chi connectivity index (χ2n) is 5.30. The van der Waals surface area contributed by atoms with E-state index in [0.717, 1.165) is 16.9 Å². The zero-order chi connectivity index (χ0) is 16.9. The summed E-state index contributed by atoms with van der Waals surface area (Å²) in [4.78, 5) is 0. The van der Waals surface area contributed by atoms with Crippen LogP contribution in [0.25, 0.3) is 0 Å². The number of thioether (sulfide) groups is 1. The van der Waals surface area contributed by atoms with E-state index in [4.69, 9.17) is 9.15 Å². The van der Waals surface area contributed by atoms with E-state index in [9.17, 15) is 4.39 Å². The zero-order valence-electron chi connectivity index (χ0n) is 13.4. The predicted molar refractivity (Wildman–Crippen MR) is 90.8 cm³/mol. The van der Waals surface area contributed by atoms with Crippen LogP contribution in [-0.4, -0.2) is 17.3 Å². The van der Waals surface area contributed by atoms with Crippen LogP contribution in [0.3, 0.4) is 0 Å². The zero-order valence-corrected chi connectivity index (χ0v) is 14.2. The smallest absolute Gasteiger partial charge is 0.277 e. The van der Waals surface area contributed by atoms with Crippen molar-refractivity contribution in [2.45, 2.75) is 23.8 Å². The molecule has 0 bridgehead atoms. The van der Waals surface area contributed by atoms with Gasteiger partial charge in [0.1, 0.15) is 11.6 Å². The first kappa shape index (κ1) is 16.5. The Bertz CT molecular complexity index is 805. The predicted octanol–water partition coefficient (Wildman–Crippen LogP) is 4.66. The van der Waals surface area contributed by atoms with Crippen LogP contribution in [0, 0.1) is 5.82 Å². The fraction of sp³-hybridized carbons (Fsp3) is 0.222. The van der Waals surface area contributed by atoms with Gasteiger partial charge in [-0.2, -0.15) is 0 Å². The average molecular weight is 344 g/mol. The molecule has 0 saturated carbocycles. The third kappa shape index (κ3) is 4.14. The normalized spacial score (nSPS) is 12.1. The minimum absolute atomic E-state index is 0.0231. The van der Waals surface area contributed by atoms with Crippen LogP contribution in [0.1, 0.15) is 29.2 Å². The Hall–Kier alpha value is -2.34. The second-order valence-corrected chi connectivity index (χ2v) is 6.59. The van der Waals surface area contributed by atoms with Crippen molar-refractivity contribution in [2.24, 2.45) is 0 Å². The molecule has 0 unspecified atom stereocenters. The Morgan fingerprint density at radius 2 is 1.96 bits per heavy atom. The first-order valence-corrected chi connectivity index (χ1v) is 8.39. The van der Waals surface area contributed by atoms with Crippen LogP contribution in [0.5, 0.6) is 5.75 Å². The molecule has 1 aromatic heterocycles. The number of halogens is 1. The molecule has 24 heavy (non-hydrogen) atoms. The standard InChI is InChI=1S/C18H17FN2O2S/c1-12(14-4-3-5-15(19)11-14)24-18-21-20-17(23-18)10-13-6-8-16(22-2)9-7-13/h3-9,11-12H,10H2,1-2H3/t12-/m1/s1. The minimum atomic E-state index is -0.245. The van der Waals surface area contributed by atoms with Crippen molar-refractivity contribution >= 4 is 11.8 Å². The summed E-state index contributed by atoms with van der Waals surface area (Å²) in [6.45, 7) is 1.98. The molecule has 1 atom stereocenters. The molecule has 6 heteroatoms. The van der Waals surface area contributed by atoms with Crippen molar-refractivity contribution in [1.82, 2.24) is 10.2 Å². The summed E-state index contributed by atoms with van der Waals surface area (Å²) in [5.74, 6) is 1.12. The fourth-order valence-corrected chi connectivity index (χ4v) is 3.07. The summed E-state index contributed by atoms with van der Waals surface area (Å²) in [5, 5.41) is 8.64. The molecule has 2 aromatic carbocycles. The molecule has 1 heterocycles. The molecular formula is C18H17FN2O2S. The number of aromatic nitrogens is 2. The first-order valence-electron chi connectivity index (χ1n) is 7.51. The van der Waals surface area contributed by atoms with Crippen LogP contribution in [0.15, 0.2) is 58.2 Å². The van der Waals surface area contributed by atoms with Gasteiger partial charge in [0.25, 0.3) is 5.22 Å². The third-order valence-corrected chi connectivity index (χ3v) is 4.55. The van der Waals surface area contributed by atoms with E-state index >= 15 is 0 Å². The number of hydrogen-bond acceptors (Lipinski definition) is 5. The molecule has 0 aliphatic heterocycles. The Kier molecular flexibility index (Phi) is 5.15. The Morgan fingerprint density at radius 1 is 1.17 bits per heavy atom. The molecule has 0 fully saturated rings. The molecule has 3 aromatic rings. The van der Waals surface area contributed by atoms with Crippen molar-refractivity contribution in [3.8, 4) is 5.75 Å². The van der Waals surface area contributed by atoms with Crippen molar-refractivity contribution < 1.29 is 13.5 Å². The summed E-state index contributed by atoms with van der Waals surface area (Å²) in [5.41, 5.74) is 1.95. The van der Waals surface area contributed by atoms with Crippen molar-refractivity contribution in [2.75, 3.05) is 7.11 Å². The number of ether oxygens (including phenoxy) is 1. The SMILES string of the molecule is COc1ccc(Cc2nnc(S[C@H](C)c3cccc(F)c3)o2)cc1. The van der Waals surface area contributed by atoms with Crippen LogP contribution in [0.4, 0.5) is 4.39 Å². The quantitative estimate of drug-likeness (QED) is 0.609. The Labute approximate surface area is 144 Å². The van der Waals surface area contributed by atoms with E-state index in [0.29, 0.717) is 17.5 Å². The molecule has 4 nitrogen and oxygen atoms in total. The molecule has 124 valence electrons. The van der Waals surface area contributed by atoms with Crippen LogP contribution < -0.4 is 4.74 Å². The summed E-state index contributed by atoms with van der Waals surface area (Å²) in [6, 6.07) is 14.3. The highest BCUT2D eigenvalue weighted by Gasteiger charge is 2.14. The number of nitrogens with zero attached hydrogens (tertiary/aromatic N) is 2. The fourth-order valence-electron chi connectivity index (χ4n) is 2.25. The topological polar surface area (TPSA) is 48.2 Å². The molecule has 3 rings (SSSR count). The molecule has 0 N–H and O–H groups in total. The van der Waals surface area contributed by atoms with E-state index in [1.54, 1.807) is 13.2 Å². The lowest BCUT2D eigenvalue weighted by molar-refractivity contribution is 0.413. The largest absolute Gasteiger partial charge is 0.497 e. The van der Waals surface area contributed by atoms with E-state index < -0.39 is 0 Å². The highest BCUT2D eigenvalue weighted by atomic mass is 32.2. The van der Waals surface area contributed by atoms with Crippen molar-refractivity contribution in [3.63, 3.8) is 0 Å². The van der Waals surface area contributed by atoms with Crippen molar-refractivity contribution in [1.29, 1.82) is 0 Å². The first-order chi connectivity index (χ1) is 11.6. The van der Waals surface area contributed by atoms with Gasteiger partial charge in [-0.1, -0.05) is 36.0 Å². The maximum absolute atomic E-state index is 13.3. The maximum atomic E-state index is 13.3. The van der Waals surface area contributed by atoms with Gasteiger partial charge in [0, 0.05) is 5.25 Å². The summed E-state index contributed by atoms with van der Waals surface area (Å²) in [7, 11) is 1.64. The van der Waals surface area contributed by atoms with E-state index in [1.165, 1.54) is 23.9 Å². The Balaban J connectivity index is 1.64. The van der Waals surface area contributed by atoms with Gasteiger partial charge in [0.2, 0.25) is 5.89 Å². The lowest BCUT2D eigenvalue weighted by Gasteiger charge is -2.08.